The molecule has 0 saturated heterocycles. The van der Waals surface area contributed by atoms with Gasteiger partial charge >= 0.3 is 0 Å². The van der Waals surface area contributed by atoms with E-state index >= 15 is 0 Å². The van der Waals surface area contributed by atoms with E-state index in [1.54, 1.807) is 6.07 Å². The number of para-hydroxylation sites is 1. The van der Waals surface area contributed by atoms with Crippen molar-refractivity contribution in [3.63, 3.8) is 0 Å². The van der Waals surface area contributed by atoms with Crippen molar-refractivity contribution >= 4 is 34.2 Å². The molecule has 3 rings (SSSR count). The van der Waals surface area contributed by atoms with Crippen molar-refractivity contribution in [2.45, 2.75) is 25.8 Å². The van der Waals surface area contributed by atoms with Gasteiger partial charge in [-0.2, -0.15) is 0 Å². The molecule has 0 spiro atoms. The minimum Gasteiger partial charge on any atom is -0.490 e. The van der Waals surface area contributed by atoms with Crippen molar-refractivity contribution in [3.8, 4) is 5.75 Å². The standard InChI is InChI=1S/C18H22N2O2.ClH/c1-12(2)19-10-13(21)11-22-17-9-5-8-16-18(17)14-6-3-4-7-15(14)20-16;/h3-9,12-13,19-21H,10-11H2,1-2H3;1H/i1D3,2D3;. The first-order valence-corrected chi connectivity index (χ1v) is 7.11. The van der Waals surface area contributed by atoms with Gasteiger partial charge in [0.25, 0.3) is 0 Å². The molecule has 3 aromatic rings. The minimum absolute atomic E-state index is 0. The molecular weight excluding hydrogens is 312 g/mol. The Labute approximate surface area is 150 Å². The second kappa shape index (κ2) is 7.68. The van der Waals surface area contributed by atoms with E-state index in [2.05, 4.69) is 10.3 Å². The third-order valence-corrected chi connectivity index (χ3v) is 3.48. The number of aromatic nitrogens is 1. The fourth-order valence-electron chi connectivity index (χ4n) is 2.49. The Morgan fingerprint density at radius 3 is 2.78 bits per heavy atom. The molecule has 1 aromatic heterocycles. The maximum atomic E-state index is 10.2. The second-order valence-corrected chi connectivity index (χ2v) is 5.16. The first kappa shape index (κ1) is 10.9. The Morgan fingerprint density at radius 1 is 1.17 bits per heavy atom. The molecule has 0 aliphatic rings. The second-order valence-electron chi connectivity index (χ2n) is 5.16. The Morgan fingerprint density at radius 2 is 1.96 bits per heavy atom. The fraction of sp³-hybridized carbons (Fsp3) is 0.333. The maximum absolute atomic E-state index is 10.2. The first-order chi connectivity index (χ1) is 13.1. The molecule has 0 aliphatic heterocycles. The summed E-state index contributed by atoms with van der Waals surface area (Å²) in [5, 5.41) is 14.5. The highest BCUT2D eigenvalue weighted by Crippen LogP contribution is 2.32. The number of fused-ring (bicyclic) bond motifs is 3. The van der Waals surface area contributed by atoms with Crippen molar-refractivity contribution in [1.29, 1.82) is 0 Å². The summed E-state index contributed by atoms with van der Waals surface area (Å²) in [5.41, 5.74) is 1.87. The van der Waals surface area contributed by atoms with Gasteiger partial charge in [0, 0.05) is 37.1 Å². The molecule has 0 radical (unpaired) electrons. The number of hydrogen-bond donors (Lipinski definition) is 3. The van der Waals surface area contributed by atoms with Gasteiger partial charge in [-0.05, 0) is 18.2 Å². The van der Waals surface area contributed by atoms with Gasteiger partial charge in [-0.3, -0.25) is 0 Å². The number of rotatable bonds is 6. The van der Waals surface area contributed by atoms with Crippen LogP contribution in [0.3, 0.4) is 0 Å². The molecule has 2 aromatic carbocycles. The Hall–Kier alpha value is -1.75. The molecule has 1 heterocycles. The van der Waals surface area contributed by atoms with Crippen molar-refractivity contribution in [1.82, 2.24) is 10.3 Å². The summed E-state index contributed by atoms with van der Waals surface area (Å²) >= 11 is 0. The number of nitrogens with one attached hydrogen (secondary N) is 2. The highest BCUT2D eigenvalue weighted by molar-refractivity contribution is 6.10. The van der Waals surface area contributed by atoms with Crippen LogP contribution in [0.25, 0.3) is 21.8 Å². The average Bonchev–Trinajstić information content (AvgIpc) is 2.96. The third kappa shape index (κ3) is 3.96. The molecule has 124 valence electrons. The molecule has 0 bridgehead atoms. The quantitative estimate of drug-likeness (QED) is 0.644. The summed E-state index contributed by atoms with van der Waals surface area (Å²) in [5.74, 6) is 0.581. The van der Waals surface area contributed by atoms with E-state index in [1.165, 1.54) is 0 Å². The molecule has 4 nitrogen and oxygen atoms in total. The normalized spacial score (nSPS) is 17.5. The molecule has 5 heteroatoms. The molecule has 0 saturated carbocycles. The van der Waals surface area contributed by atoms with E-state index in [-0.39, 0.29) is 25.6 Å². The molecule has 23 heavy (non-hydrogen) atoms. The van der Waals surface area contributed by atoms with Gasteiger partial charge in [0.1, 0.15) is 18.5 Å². The van der Waals surface area contributed by atoms with Gasteiger partial charge in [0.2, 0.25) is 0 Å². The number of ether oxygens (including phenoxy) is 1. The molecule has 1 atom stereocenters. The number of hydrogen-bond acceptors (Lipinski definition) is 3. The van der Waals surface area contributed by atoms with E-state index in [4.69, 9.17) is 13.0 Å². The topological polar surface area (TPSA) is 57.3 Å². The highest BCUT2D eigenvalue weighted by Gasteiger charge is 2.11. The van der Waals surface area contributed by atoms with E-state index in [1.807, 2.05) is 36.4 Å². The third-order valence-electron chi connectivity index (χ3n) is 3.48. The molecule has 0 aliphatic carbocycles. The summed E-state index contributed by atoms with van der Waals surface area (Å²) in [6.45, 7) is -5.74. The number of H-pyrrole nitrogens is 1. The zero-order chi connectivity index (χ0) is 20.5. The SMILES string of the molecule is Cl.[2H]C([2H])([2H])C(NCC(O)COc1cccc2[nH]c3ccccc3c12)C([2H])([2H])[2H]. The lowest BCUT2D eigenvalue weighted by atomic mass is 10.1. The maximum Gasteiger partial charge on any atom is 0.129 e. The number of aliphatic hydroxyl groups is 1. The largest absolute Gasteiger partial charge is 0.490 e. The number of aliphatic hydroxyl groups excluding tert-OH is 1. The van der Waals surface area contributed by atoms with Crippen LogP contribution in [0.2, 0.25) is 0 Å². The lowest BCUT2D eigenvalue weighted by molar-refractivity contribution is 0.105. The van der Waals surface area contributed by atoms with E-state index in [0.717, 1.165) is 21.8 Å². The number of aromatic amines is 1. The molecule has 3 N–H and O–H groups in total. The lowest BCUT2D eigenvalue weighted by Crippen LogP contribution is -2.35. The van der Waals surface area contributed by atoms with Gasteiger partial charge in [0.15, 0.2) is 0 Å². The van der Waals surface area contributed by atoms with Crippen LogP contribution in [0, 0.1) is 0 Å². The molecule has 0 amide bonds. The Balaban J connectivity index is 0.00000300. The zero-order valence-electron chi connectivity index (χ0n) is 18.4. The summed E-state index contributed by atoms with van der Waals surface area (Å²) in [6, 6.07) is 11.6. The smallest absolute Gasteiger partial charge is 0.129 e. The van der Waals surface area contributed by atoms with Crippen molar-refractivity contribution in [2.75, 3.05) is 13.2 Å². The van der Waals surface area contributed by atoms with Crippen molar-refractivity contribution in [2.24, 2.45) is 0 Å². The van der Waals surface area contributed by atoms with Crippen LogP contribution >= 0.6 is 12.4 Å². The van der Waals surface area contributed by atoms with Crippen LogP contribution in [0.15, 0.2) is 42.5 Å². The summed E-state index contributed by atoms with van der Waals surface area (Å²) in [7, 11) is 0. The van der Waals surface area contributed by atoms with Gasteiger partial charge in [-0.25, -0.2) is 0 Å². The van der Waals surface area contributed by atoms with Gasteiger partial charge in [-0.15, -0.1) is 12.4 Å². The monoisotopic (exact) mass is 340 g/mol. The van der Waals surface area contributed by atoms with Crippen LogP contribution in [-0.2, 0) is 0 Å². The van der Waals surface area contributed by atoms with Crippen LogP contribution in [-0.4, -0.2) is 35.4 Å². The van der Waals surface area contributed by atoms with Crippen LogP contribution < -0.4 is 10.1 Å². The zero-order valence-corrected chi connectivity index (χ0v) is 13.2. The predicted octanol–water partition coefficient (Wildman–Crippen LogP) is 3.48. The van der Waals surface area contributed by atoms with Gasteiger partial charge in [-0.1, -0.05) is 38.0 Å². The van der Waals surface area contributed by atoms with Crippen LogP contribution in [0.4, 0.5) is 0 Å². The molecule has 0 fully saturated rings. The van der Waals surface area contributed by atoms with Gasteiger partial charge in [0.05, 0.1) is 5.52 Å². The Bertz CT molecular complexity index is 943. The van der Waals surface area contributed by atoms with E-state index < -0.39 is 25.8 Å². The molecule has 1 unspecified atom stereocenters. The lowest BCUT2D eigenvalue weighted by Gasteiger charge is -2.15. The van der Waals surface area contributed by atoms with E-state index in [9.17, 15) is 5.11 Å². The summed E-state index contributed by atoms with van der Waals surface area (Å²) < 4.78 is 50.0. The number of benzene rings is 2. The van der Waals surface area contributed by atoms with Crippen molar-refractivity contribution in [3.05, 3.63) is 42.5 Å². The summed E-state index contributed by atoms with van der Waals surface area (Å²) in [6.07, 6.45) is -1.08. The fourth-order valence-corrected chi connectivity index (χ4v) is 2.49. The van der Waals surface area contributed by atoms with Crippen molar-refractivity contribution < 1.29 is 18.1 Å². The average molecular weight is 341 g/mol. The minimum atomic E-state index is -2.71. The van der Waals surface area contributed by atoms with Crippen LogP contribution in [0.1, 0.15) is 21.9 Å². The summed E-state index contributed by atoms with van der Waals surface area (Å²) in [4.78, 5) is 3.30. The molecular formula is C18H23ClN2O2. The van der Waals surface area contributed by atoms with E-state index in [0.29, 0.717) is 5.75 Å². The van der Waals surface area contributed by atoms with Gasteiger partial charge < -0.3 is 20.1 Å². The first-order valence-electron chi connectivity index (χ1n) is 10.1. The highest BCUT2D eigenvalue weighted by atomic mass is 35.5. The number of halogens is 1. The van der Waals surface area contributed by atoms with Crippen LogP contribution in [0.5, 0.6) is 5.75 Å². The Kier molecular flexibility index (Phi) is 3.65. The predicted molar refractivity (Wildman–Crippen MR) is 97.7 cm³/mol.